The zero-order valence-corrected chi connectivity index (χ0v) is 12.5. The summed E-state index contributed by atoms with van der Waals surface area (Å²) in [7, 11) is 0. The highest BCUT2D eigenvalue weighted by Gasteiger charge is 2.38. The van der Waals surface area contributed by atoms with Crippen LogP contribution >= 0.6 is 0 Å². The van der Waals surface area contributed by atoms with Crippen LogP contribution in [0.4, 0.5) is 0 Å². The smallest absolute Gasteiger partial charge is 0.240 e. The van der Waals surface area contributed by atoms with Crippen molar-refractivity contribution < 1.29 is 9.53 Å². The molecule has 1 unspecified atom stereocenters. The fourth-order valence-corrected chi connectivity index (χ4v) is 2.17. The molecule has 0 bridgehead atoms. The molecule has 0 aromatic heterocycles. The number of ether oxygens (including phenoxy) is 1. The summed E-state index contributed by atoms with van der Waals surface area (Å²) in [6.07, 6.45) is 2.21. The molecule has 0 aliphatic heterocycles. The van der Waals surface area contributed by atoms with Gasteiger partial charge in [0, 0.05) is 6.04 Å². The predicted molar refractivity (Wildman–Crippen MR) is 79.8 cm³/mol. The molecule has 1 fully saturated rings. The molecule has 1 aliphatic carbocycles. The van der Waals surface area contributed by atoms with Gasteiger partial charge in [-0.2, -0.15) is 0 Å². The monoisotopic (exact) mass is 276 g/mol. The van der Waals surface area contributed by atoms with Crippen LogP contribution in [-0.2, 0) is 4.79 Å². The number of carbonyl (C=O) groups is 1. The summed E-state index contributed by atoms with van der Waals surface area (Å²) in [5, 5.41) is 3.29. The Labute approximate surface area is 120 Å². The first-order chi connectivity index (χ1) is 9.42. The number of nitrogens with one attached hydrogen (secondary N) is 1. The van der Waals surface area contributed by atoms with Crippen molar-refractivity contribution in [3.8, 4) is 5.75 Å². The van der Waals surface area contributed by atoms with Crippen molar-refractivity contribution in [3.63, 3.8) is 0 Å². The molecule has 4 nitrogen and oxygen atoms in total. The van der Waals surface area contributed by atoms with E-state index in [1.807, 2.05) is 25.1 Å². The van der Waals surface area contributed by atoms with Gasteiger partial charge in [-0.1, -0.05) is 32.0 Å². The Morgan fingerprint density at radius 1 is 1.45 bits per heavy atom. The molecule has 1 atom stereocenters. The van der Waals surface area contributed by atoms with E-state index in [0.29, 0.717) is 12.0 Å². The van der Waals surface area contributed by atoms with Crippen LogP contribution in [0.3, 0.4) is 0 Å². The summed E-state index contributed by atoms with van der Waals surface area (Å²) >= 11 is 0. The number of amides is 1. The number of primary amides is 1. The maximum Gasteiger partial charge on any atom is 0.240 e. The highest BCUT2D eigenvalue weighted by molar-refractivity contribution is 5.84. The largest absolute Gasteiger partial charge is 0.491 e. The number of hydrogen-bond acceptors (Lipinski definition) is 3. The topological polar surface area (TPSA) is 64.3 Å². The standard InChI is InChI=1S/C16H24N2O2/c1-11(2)13-6-4-5-7-14(13)20-10-16(3,15(17)19)18-12-8-9-12/h4-7,11-12,18H,8-10H2,1-3H3,(H2,17,19). The highest BCUT2D eigenvalue weighted by atomic mass is 16.5. The van der Waals surface area contributed by atoms with Gasteiger partial charge in [0.05, 0.1) is 0 Å². The minimum atomic E-state index is -0.814. The minimum Gasteiger partial charge on any atom is -0.491 e. The van der Waals surface area contributed by atoms with Gasteiger partial charge in [0.1, 0.15) is 17.9 Å². The molecular weight excluding hydrogens is 252 g/mol. The van der Waals surface area contributed by atoms with Crippen molar-refractivity contribution in [3.05, 3.63) is 29.8 Å². The van der Waals surface area contributed by atoms with Gasteiger partial charge in [0.15, 0.2) is 0 Å². The average molecular weight is 276 g/mol. The van der Waals surface area contributed by atoms with E-state index >= 15 is 0 Å². The van der Waals surface area contributed by atoms with E-state index in [1.54, 1.807) is 0 Å². The second-order valence-corrected chi connectivity index (χ2v) is 6.10. The van der Waals surface area contributed by atoms with Gasteiger partial charge in [-0.3, -0.25) is 10.1 Å². The summed E-state index contributed by atoms with van der Waals surface area (Å²) in [4.78, 5) is 11.7. The van der Waals surface area contributed by atoms with Crippen LogP contribution in [0, 0.1) is 0 Å². The third-order valence-corrected chi connectivity index (χ3v) is 3.70. The lowest BCUT2D eigenvalue weighted by atomic mass is 10.0. The first kappa shape index (κ1) is 14.9. The normalized spacial score (nSPS) is 17.8. The van der Waals surface area contributed by atoms with E-state index in [-0.39, 0.29) is 12.5 Å². The third kappa shape index (κ3) is 3.51. The Morgan fingerprint density at radius 3 is 2.65 bits per heavy atom. The van der Waals surface area contributed by atoms with Gasteiger partial charge < -0.3 is 10.5 Å². The van der Waals surface area contributed by atoms with Crippen molar-refractivity contribution in [2.75, 3.05) is 6.61 Å². The fourth-order valence-electron chi connectivity index (χ4n) is 2.17. The van der Waals surface area contributed by atoms with E-state index in [4.69, 9.17) is 10.5 Å². The van der Waals surface area contributed by atoms with Gasteiger partial charge in [-0.05, 0) is 37.3 Å². The molecule has 0 radical (unpaired) electrons. The summed E-state index contributed by atoms with van der Waals surface area (Å²) in [5.74, 6) is 0.835. The molecular formula is C16H24N2O2. The van der Waals surface area contributed by atoms with Gasteiger partial charge in [-0.15, -0.1) is 0 Å². The number of benzene rings is 1. The van der Waals surface area contributed by atoms with Crippen LogP contribution in [0.2, 0.25) is 0 Å². The molecule has 3 N–H and O–H groups in total. The van der Waals surface area contributed by atoms with Gasteiger partial charge >= 0.3 is 0 Å². The minimum absolute atomic E-state index is 0.253. The van der Waals surface area contributed by atoms with E-state index in [2.05, 4.69) is 25.2 Å². The third-order valence-electron chi connectivity index (χ3n) is 3.70. The Morgan fingerprint density at radius 2 is 2.10 bits per heavy atom. The van der Waals surface area contributed by atoms with Gasteiger partial charge in [0.25, 0.3) is 0 Å². The van der Waals surface area contributed by atoms with E-state index in [1.165, 1.54) is 0 Å². The Kier molecular flexibility index (Phi) is 4.33. The highest BCUT2D eigenvalue weighted by Crippen LogP contribution is 2.27. The van der Waals surface area contributed by atoms with Crippen LogP contribution < -0.4 is 15.8 Å². The quantitative estimate of drug-likeness (QED) is 0.802. The average Bonchev–Trinajstić information content (AvgIpc) is 3.20. The second kappa shape index (κ2) is 5.83. The first-order valence-electron chi connectivity index (χ1n) is 7.22. The molecule has 1 aromatic carbocycles. The van der Waals surface area contributed by atoms with Crippen molar-refractivity contribution in [1.82, 2.24) is 5.32 Å². The predicted octanol–water partition coefficient (Wildman–Crippen LogP) is 2.18. The fraction of sp³-hybridized carbons (Fsp3) is 0.562. The molecule has 0 spiro atoms. The lowest BCUT2D eigenvalue weighted by Gasteiger charge is -2.28. The van der Waals surface area contributed by atoms with Crippen molar-refractivity contribution in [2.24, 2.45) is 5.73 Å². The van der Waals surface area contributed by atoms with Crippen LogP contribution in [-0.4, -0.2) is 24.1 Å². The van der Waals surface area contributed by atoms with Crippen LogP contribution in [0.5, 0.6) is 5.75 Å². The number of nitrogens with two attached hydrogens (primary N) is 1. The van der Waals surface area contributed by atoms with Gasteiger partial charge in [-0.25, -0.2) is 0 Å². The lowest BCUT2D eigenvalue weighted by molar-refractivity contribution is -0.125. The maximum absolute atomic E-state index is 11.7. The van der Waals surface area contributed by atoms with Crippen molar-refractivity contribution >= 4 is 5.91 Å². The van der Waals surface area contributed by atoms with Crippen LogP contribution in [0.1, 0.15) is 45.1 Å². The second-order valence-electron chi connectivity index (χ2n) is 6.10. The molecule has 110 valence electrons. The maximum atomic E-state index is 11.7. The zero-order valence-electron chi connectivity index (χ0n) is 12.5. The van der Waals surface area contributed by atoms with Crippen molar-refractivity contribution in [1.29, 1.82) is 0 Å². The SMILES string of the molecule is CC(C)c1ccccc1OCC(C)(NC1CC1)C(N)=O. The number of rotatable bonds is 7. The van der Waals surface area contributed by atoms with E-state index in [0.717, 1.165) is 24.2 Å². The Hall–Kier alpha value is -1.55. The Balaban J connectivity index is 2.07. The number of carbonyl (C=O) groups excluding carboxylic acids is 1. The number of para-hydroxylation sites is 1. The van der Waals surface area contributed by atoms with Crippen LogP contribution in [0.25, 0.3) is 0 Å². The number of hydrogen-bond donors (Lipinski definition) is 2. The van der Waals surface area contributed by atoms with Crippen LogP contribution in [0.15, 0.2) is 24.3 Å². The summed E-state index contributed by atoms with van der Waals surface area (Å²) in [6, 6.07) is 8.33. The summed E-state index contributed by atoms with van der Waals surface area (Å²) in [5.41, 5.74) is 5.86. The van der Waals surface area contributed by atoms with E-state index < -0.39 is 5.54 Å². The molecule has 4 heteroatoms. The molecule has 1 aromatic rings. The summed E-state index contributed by atoms with van der Waals surface area (Å²) in [6.45, 7) is 6.31. The lowest BCUT2D eigenvalue weighted by Crippen LogP contribution is -2.57. The Bertz CT molecular complexity index is 483. The van der Waals surface area contributed by atoms with Crippen molar-refractivity contribution in [2.45, 2.75) is 51.1 Å². The molecule has 2 rings (SSSR count). The molecule has 20 heavy (non-hydrogen) atoms. The van der Waals surface area contributed by atoms with Gasteiger partial charge in [0.2, 0.25) is 5.91 Å². The molecule has 1 saturated carbocycles. The summed E-state index contributed by atoms with van der Waals surface area (Å²) < 4.78 is 5.89. The first-order valence-corrected chi connectivity index (χ1v) is 7.22. The molecule has 1 amide bonds. The van der Waals surface area contributed by atoms with E-state index in [9.17, 15) is 4.79 Å². The molecule has 0 heterocycles. The zero-order chi connectivity index (χ0) is 14.8. The molecule has 0 saturated heterocycles. The molecule has 1 aliphatic rings.